The molecule has 2 amide bonds. The molecule has 4 rings (SSSR count). The van der Waals surface area contributed by atoms with Crippen molar-refractivity contribution in [2.45, 2.75) is 13.5 Å². The number of aromatic nitrogens is 1. The van der Waals surface area contributed by atoms with Gasteiger partial charge in [-0.05, 0) is 55.5 Å². The van der Waals surface area contributed by atoms with E-state index in [4.69, 9.17) is 32.7 Å². The molecule has 0 fully saturated rings. The minimum atomic E-state index is -0.845. The molecule has 11 heteroatoms. The fourth-order valence-corrected chi connectivity index (χ4v) is 4.39. The lowest BCUT2D eigenvalue weighted by Crippen LogP contribution is -2.39. The maximum atomic E-state index is 12.8. The number of halogens is 2. The van der Waals surface area contributed by atoms with E-state index in [0.29, 0.717) is 27.6 Å². The number of amides is 2. The SMILES string of the molecule is COC(=O)c1ccc(OC(=O)NCC(=O)N(C)c2ccc(Cl)c(COc3cccc4ccc(C)nc34)c2Cl)cc1. The summed E-state index contributed by atoms with van der Waals surface area (Å²) < 4.78 is 15.8. The van der Waals surface area contributed by atoms with Crippen LogP contribution in [0.5, 0.6) is 11.5 Å². The quantitative estimate of drug-likeness (QED) is 0.255. The molecule has 1 heterocycles. The van der Waals surface area contributed by atoms with Crippen molar-refractivity contribution < 1.29 is 28.6 Å². The minimum Gasteiger partial charge on any atom is -0.487 e. The molecule has 3 aromatic carbocycles. The lowest BCUT2D eigenvalue weighted by molar-refractivity contribution is -0.117. The number of nitrogens with zero attached hydrogens (tertiary/aromatic N) is 2. The summed E-state index contributed by atoms with van der Waals surface area (Å²) in [5, 5.41) is 3.94. The van der Waals surface area contributed by atoms with E-state index in [0.717, 1.165) is 16.6 Å². The molecule has 4 aromatic rings. The van der Waals surface area contributed by atoms with Crippen LogP contribution in [0.2, 0.25) is 10.0 Å². The fraction of sp³-hybridized carbons (Fsp3) is 0.172. The van der Waals surface area contributed by atoms with Gasteiger partial charge in [0.15, 0.2) is 0 Å². The smallest absolute Gasteiger partial charge is 0.413 e. The Morgan fingerprint density at radius 1 is 0.975 bits per heavy atom. The van der Waals surface area contributed by atoms with Crippen LogP contribution in [0.4, 0.5) is 10.5 Å². The van der Waals surface area contributed by atoms with Gasteiger partial charge in [0.1, 0.15) is 30.2 Å². The number of para-hydroxylation sites is 1. The third-order valence-electron chi connectivity index (χ3n) is 5.97. The third kappa shape index (κ3) is 6.62. The standard InChI is InChI=1S/C29H25Cl2N3O6/c1-17-7-8-18-5-4-6-24(27(18)33-17)39-16-21-22(30)13-14-23(26(21)31)34(2)25(35)15-32-29(37)40-20-11-9-19(10-12-20)28(36)38-3/h4-14H,15-16H2,1-3H3,(H,32,37). The monoisotopic (exact) mass is 581 g/mol. The van der Waals surface area contributed by atoms with E-state index < -0.39 is 18.0 Å². The van der Waals surface area contributed by atoms with Crippen molar-refractivity contribution in [3.05, 3.63) is 93.6 Å². The van der Waals surface area contributed by atoms with Gasteiger partial charge in [-0.3, -0.25) is 4.79 Å². The summed E-state index contributed by atoms with van der Waals surface area (Å²) in [6, 6.07) is 18.5. The van der Waals surface area contributed by atoms with E-state index >= 15 is 0 Å². The average Bonchev–Trinajstić information content (AvgIpc) is 2.95. The van der Waals surface area contributed by atoms with Crippen molar-refractivity contribution in [2.75, 3.05) is 25.6 Å². The summed E-state index contributed by atoms with van der Waals surface area (Å²) in [5.41, 5.74) is 2.76. The molecule has 0 aliphatic heterocycles. The maximum Gasteiger partial charge on any atom is 0.413 e. The molecule has 1 aromatic heterocycles. The van der Waals surface area contributed by atoms with Crippen molar-refractivity contribution >= 4 is 57.8 Å². The molecule has 0 unspecified atom stereocenters. The third-order valence-corrected chi connectivity index (χ3v) is 6.74. The molecule has 0 radical (unpaired) electrons. The Hall–Kier alpha value is -4.34. The maximum absolute atomic E-state index is 12.8. The number of methoxy groups -OCH3 is 1. The van der Waals surface area contributed by atoms with Crippen molar-refractivity contribution in [1.82, 2.24) is 10.3 Å². The number of carbonyl (C=O) groups is 3. The first-order valence-electron chi connectivity index (χ1n) is 12.0. The zero-order chi connectivity index (χ0) is 28.8. The molecular formula is C29H25Cl2N3O6. The number of ether oxygens (including phenoxy) is 3. The number of aryl methyl sites for hydroxylation is 1. The van der Waals surface area contributed by atoms with Gasteiger partial charge in [0.25, 0.3) is 0 Å². The Labute approximate surface area is 240 Å². The summed E-state index contributed by atoms with van der Waals surface area (Å²) in [7, 11) is 2.79. The van der Waals surface area contributed by atoms with E-state index in [9.17, 15) is 14.4 Å². The first-order valence-corrected chi connectivity index (χ1v) is 12.8. The van der Waals surface area contributed by atoms with Gasteiger partial charge in [-0.1, -0.05) is 41.4 Å². The number of fused-ring (bicyclic) bond motifs is 1. The number of benzene rings is 3. The average molecular weight is 582 g/mol. The van der Waals surface area contributed by atoms with Gasteiger partial charge in [0, 0.05) is 28.7 Å². The number of likely N-dealkylation sites (N-methyl/N-ethyl adjacent to an activating group) is 1. The topological polar surface area (TPSA) is 107 Å². The molecule has 0 saturated carbocycles. The summed E-state index contributed by atoms with van der Waals surface area (Å²) in [5.74, 6) is -0.206. The molecule has 40 heavy (non-hydrogen) atoms. The summed E-state index contributed by atoms with van der Waals surface area (Å²) in [6.07, 6.45) is -0.845. The second-order valence-corrected chi connectivity index (χ2v) is 9.43. The van der Waals surface area contributed by atoms with E-state index in [1.165, 1.54) is 43.3 Å². The van der Waals surface area contributed by atoms with Gasteiger partial charge in [-0.25, -0.2) is 14.6 Å². The zero-order valence-corrected chi connectivity index (χ0v) is 23.4. The lowest BCUT2D eigenvalue weighted by atomic mass is 10.1. The fourth-order valence-electron chi connectivity index (χ4n) is 3.78. The van der Waals surface area contributed by atoms with E-state index in [1.807, 2.05) is 37.3 Å². The highest BCUT2D eigenvalue weighted by Gasteiger charge is 2.20. The van der Waals surface area contributed by atoms with Crippen LogP contribution in [0.3, 0.4) is 0 Å². The number of rotatable bonds is 8. The molecule has 0 saturated heterocycles. The second kappa shape index (κ2) is 12.7. The zero-order valence-electron chi connectivity index (χ0n) is 21.9. The first kappa shape index (κ1) is 28.7. The number of pyridine rings is 1. The molecule has 206 valence electrons. The van der Waals surface area contributed by atoms with Gasteiger partial charge in [-0.2, -0.15) is 0 Å². The largest absolute Gasteiger partial charge is 0.487 e. The predicted octanol–water partition coefficient (Wildman–Crippen LogP) is 5.97. The van der Waals surface area contributed by atoms with Gasteiger partial charge < -0.3 is 24.4 Å². The molecule has 0 atom stereocenters. The van der Waals surface area contributed by atoms with Gasteiger partial charge in [0.2, 0.25) is 5.91 Å². The Morgan fingerprint density at radius 2 is 1.73 bits per heavy atom. The summed E-state index contributed by atoms with van der Waals surface area (Å²) in [6.45, 7) is 1.58. The Bertz CT molecular complexity index is 1580. The Balaban J connectivity index is 1.39. The molecule has 0 aliphatic carbocycles. The van der Waals surface area contributed by atoms with Crippen LogP contribution in [0.15, 0.2) is 66.7 Å². The van der Waals surface area contributed by atoms with Crippen LogP contribution in [-0.2, 0) is 16.1 Å². The second-order valence-electron chi connectivity index (χ2n) is 8.64. The van der Waals surface area contributed by atoms with E-state index in [1.54, 1.807) is 12.1 Å². The molecule has 0 spiro atoms. The molecule has 9 nitrogen and oxygen atoms in total. The normalized spacial score (nSPS) is 10.6. The van der Waals surface area contributed by atoms with Crippen LogP contribution in [0, 0.1) is 6.92 Å². The summed E-state index contributed by atoms with van der Waals surface area (Å²) in [4.78, 5) is 42.4. The van der Waals surface area contributed by atoms with Gasteiger partial charge in [-0.15, -0.1) is 0 Å². The molecule has 0 bridgehead atoms. The number of nitrogens with one attached hydrogen (secondary N) is 1. The van der Waals surface area contributed by atoms with E-state index in [2.05, 4.69) is 15.0 Å². The van der Waals surface area contributed by atoms with Crippen LogP contribution >= 0.6 is 23.2 Å². The van der Waals surface area contributed by atoms with Crippen molar-refractivity contribution in [3.8, 4) is 11.5 Å². The van der Waals surface area contributed by atoms with Crippen molar-refractivity contribution in [3.63, 3.8) is 0 Å². The number of esters is 1. The minimum absolute atomic E-state index is 0.0433. The highest BCUT2D eigenvalue weighted by Crippen LogP contribution is 2.35. The number of hydrogen-bond donors (Lipinski definition) is 1. The number of anilines is 1. The Morgan fingerprint density at radius 3 is 2.45 bits per heavy atom. The predicted molar refractivity (Wildman–Crippen MR) is 152 cm³/mol. The highest BCUT2D eigenvalue weighted by molar-refractivity contribution is 6.38. The molecule has 0 aliphatic rings. The highest BCUT2D eigenvalue weighted by atomic mass is 35.5. The van der Waals surface area contributed by atoms with Crippen LogP contribution in [0.25, 0.3) is 10.9 Å². The molecule has 1 N–H and O–H groups in total. The Kier molecular flexibility index (Phi) is 9.08. The molecular weight excluding hydrogens is 557 g/mol. The number of carbonyl (C=O) groups excluding carboxylic acids is 3. The van der Waals surface area contributed by atoms with Crippen molar-refractivity contribution in [2.24, 2.45) is 0 Å². The van der Waals surface area contributed by atoms with Gasteiger partial charge in [0.05, 0.1) is 23.4 Å². The first-order chi connectivity index (χ1) is 19.2. The van der Waals surface area contributed by atoms with E-state index in [-0.39, 0.29) is 23.9 Å². The lowest BCUT2D eigenvalue weighted by Gasteiger charge is -2.21. The van der Waals surface area contributed by atoms with Crippen LogP contribution in [-0.4, -0.2) is 43.7 Å². The van der Waals surface area contributed by atoms with Crippen LogP contribution in [0.1, 0.15) is 21.6 Å². The van der Waals surface area contributed by atoms with Crippen molar-refractivity contribution in [1.29, 1.82) is 0 Å². The van der Waals surface area contributed by atoms with Crippen LogP contribution < -0.4 is 19.7 Å². The van der Waals surface area contributed by atoms with Gasteiger partial charge >= 0.3 is 12.1 Å². The number of hydrogen-bond acceptors (Lipinski definition) is 7. The summed E-state index contributed by atoms with van der Waals surface area (Å²) >= 11 is 13.1.